The van der Waals surface area contributed by atoms with E-state index in [1.54, 1.807) is 26.8 Å². The lowest BCUT2D eigenvalue weighted by molar-refractivity contribution is -0.153. The van der Waals surface area contributed by atoms with Crippen molar-refractivity contribution in [2.45, 2.75) is 84.8 Å². The molecule has 0 heterocycles. The van der Waals surface area contributed by atoms with Gasteiger partial charge in [-0.2, -0.15) is 0 Å². The number of ether oxygens (including phenoxy) is 3. The smallest absolute Gasteiger partial charge is 0.324 e. The van der Waals surface area contributed by atoms with Gasteiger partial charge < -0.3 is 25.1 Å². The molecule has 0 radical (unpaired) electrons. The van der Waals surface area contributed by atoms with Crippen LogP contribution in [0, 0.1) is 5.92 Å². The minimum atomic E-state index is -1.74. The number of hydrogen-bond acceptors (Lipinski definition) is 8. The Labute approximate surface area is 194 Å². The maximum Gasteiger partial charge on any atom is 0.324 e. The molecule has 0 aliphatic heterocycles. The highest BCUT2D eigenvalue weighted by Crippen LogP contribution is 2.31. The van der Waals surface area contributed by atoms with Crippen molar-refractivity contribution in [1.29, 1.82) is 0 Å². The van der Waals surface area contributed by atoms with Gasteiger partial charge in [-0.05, 0) is 37.0 Å². The third kappa shape index (κ3) is 9.61. The summed E-state index contributed by atoms with van der Waals surface area (Å²) in [6, 6.07) is 4.40. The lowest BCUT2D eigenvalue weighted by Crippen LogP contribution is -2.52. The van der Waals surface area contributed by atoms with Crippen molar-refractivity contribution in [3.63, 3.8) is 0 Å². The average molecular weight is 466 g/mol. The van der Waals surface area contributed by atoms with Gasteiger partial charge >= 0.3 is 23.9 Å². The fourth-order valence-corrected chi connectivity index (χ4v) is 3.06. The lowest BCUT2D eigenvalue weighted by Gasteiger charge is -2.28. The second-order valence-electron chi connectivity index (χ2n) is 8.51. The first-order valence-electron chi connectivity index (χ1n) is 11.2. The monoisotopic (exact) mass is 465 g/mol. The van der Waals surface area contributed by atoms with Crippen molar-refractivity contribution in [3.8, 4) is 11.5 Å². The molecule has 0 saturated heterocycles. The first-order chi connectivity index (χ1) is 15.4. The predicted molar refractivity (Wildman–Crippen MR) is 121 cm³/mol. The molecule has 0 bridgehead atoms. The number of hydrogen-bond donors (Lipinski definition) is 2. The van der Waals surface area contributed by atoms with E-state index in [9.17, 15) is 24.3 Å². The maximum absolute atomic E-state index is 12.0. The first kappa shape index (κ1) is 28.1. The molecule has 0 amide bonds. The van der Waals surface area contributed by atoms with Gasteiger partial charge in [0.1, 0.15) is 11.6 Å². The number of carbonyl (C=O) groups excluding carboxylic acids is 3. The van der Waals surface area contributed by atoms with Crippen LogP contribution >= 0.6 is 0 Å². The van der Waals surface area contributed by atoms with Crippen molar-refractivity contribution in [3.05, 3.63) is 23.8 Å². The summed E-state index contributed by atoms with van der Waals surface area (Å²) < 4.78 is 15.8. The van der Waals surface area contributed by atoms with E-state index in [4.69, 9.17) is 19.9 Å². The number of benzene rings is 1. The van der Waals surface area contributed by atoms with E-state index >= 15 is 0 Å². The predicted octanol–water partition coefficient (Wildman–Crippen LogP) is 3.40. The SMILES string of the molecule is CCC(=O)Oc1ccc(CC(N)(C[C@H](C)OC(=O)CCC(C)C)C(=O)O)cc1OC(=O)CC. The Bertz CT molecular complexity index is 851. The van der Waals surface area contributed by atoms with E-state index in [0.29, 0.717) is 17.9 Å². The average Bonchev–Trinajstić information content (AvgIpc) is 2.73. The minimum absolute atomic E-state index is 0.00190. The Morgan fingerprint density at radius 2 is 1.55 bits per heavy atom. The van der Waals surface area contributed by atoms with Crippen LogP contribution in [0.25, 0.3) is 0 Å². The Hall–Kier alpha value is -2.94. The molecule has 2 atom stereocenters. The van der Waals surface area contributed by atoms with Gasteiger partial charge in [-0.3, -0.25) is 19.2 Å². The van der Waals surface area contributed by atoms with Crippen molar-refractivity contribution < 1.29 is 38.5 Å². The highest BCUT2D eigenvalue weighted by Gasteiger charge is 2.37. The van der Waals surface area contributed by atoms with Gasteiger partial charge in [0.15, 0.2) is 11.5 Å². The largest absolute Gasteiger partial charge is 0.480 e. The second kappa shape index (κ2) is 12.9. The fourth-order valence-electron chi connectivity index (χ4n) is 3.06. The summed E-state index contributed by atoms with van der Waals surface area (Å²) in [6.45, 7) is 8.82. The lowest BCUT2D eigenvalue weighted by atomic mass is 9.86. The van der Waals surface area contributed by atoms with Gasteiger partial charge in [0.25, 0.3) is 0 Å². The van der Waals surface area contributed by atoms with Crippen LogP contribution in [0.1, 0.15) is 72.3 Å². The molecular formula is C24H35NO8. The van der Waals surface area contributed by atoms with Gasteiger partial charge in [0.05, 0.1) is 0 Å². The van der Waals surface area contributed by atoms with Crippen LogP contribution in [0.15, 0.2) is 18.2 Å². The zero-order chi connectivity index (χ0) is 25.2. The number of carboxylic acid groups (broad SMARTS) is 1. The van der Waals surface area contributed by atoms with E-state index in [1.165, 1.54) is 12.1 Å². The van der Waals surface area contributed by atoms with Crippen LogP contribution < -0.4 is 15.2 Å². The van der Waals surface area contributed by atoms with E-state index in [0.717, 1.165) is 0 Å². The Kier molecular flexibility index (Phi) is 11.0. The summed E-state index contributed by atoms with van der Waals surface area (Å²) in [7, 11) is 0. The Balaban J connectivity index is 3.05. The van der Waals surface area contributed by atoms with E-state index in [1.807, 2.05) is 13.8 Å². The summed E-state index contributed by atoms with van der Waals surface area (Å²) in [5, 5.41) is 9.79. The zero-order valence-electron chi connectivity index (χ0n) is 20.0. The first-order valence-corrected chi connectivity index (χ1v) is 11.2. The summed E-state index contributed by atoms with van der Waals surface area (Å²) >= 11 is 0. The van der Waals surface area contributed by atoms with Gasteiger partial charge in [-0.1, -0.05) is 33.8 Å². The van der Waals surface area contributed by atoms with Crippen LogP contribution in [0.4, 0.5) is 0 Å². The highest BCUT2D eigenvalue weighted by atomic mass is 16.6. The van der Waals surface area contributed by atoms with E-state index < -0.39 is 35.5 Å². The molecule has 0 spiro atoms. The Morgan fingerprint density at radius 3 is 2.06 bits per heavy atom. The van der Waals surface area contributed by atoms with Crippen LogP contribution in [0.5, 0.6) is 11.5 Å². The standard InChI is InChI=1S/C24H35NO8/c1-6-20(26)32-18-10-9-17(12-19(18)33-21(27)7-2)14-24(25,23(29)30)13-16(5)31-22(28)11-8-15(3)4/h9-10,12,15-16H,6-8,11,13-14,25H2,1-5H3,(H,29,30)/t16-,24?/m0/s1. The quantitative estimate of drug-likeness (QED) is 0.331. The van der Waals surface area contributed by atoms with Crippen molar-refractivity contribution in [1.82, 2.24) is 0 Å². The topological polar surface area (TPSA) is 142 Å². The Morgan fingerprint density at radius 1 is 0.970 bits per heavy atom. The number of aliphatic carboxylic acids is 1. The molecule has 9 nitrogen and oxygen atoms in total. The molecular weight excluding hydrogens is 430 g/mol. The molecule has 1 aromatic rings. The molecule has 184 valence electrons. The molecule has 1 rings (SSSR count). The summed E-state index contributed by atoms with van der Waals surface area (Å²) in [6.07, 6.45) is 0.181. The molecule has 3 N–H and O–H groups in total. The number of nitrogens with two attached hydrogens (primary N) is 1. The number of rotatable bonds is 13. The van der Waals surface area contributed by atoms with Gasteiger partial charge in [0.2, 0.25) is 0 Å². The van der Waals surface area contributed by atoms with Gasteiger partial charge in [-0.15, -0.1) is 0 Å². The number of carbonyl (C=O) groups is 4. The van der Waals surface area contributed by atoms with E-state index in [2.05, 4.69) is 0 Å². The summed E-state index contributed by atoms with van der Waals surface area (Å²) in [4.78, 5) is 47.5. The molecule has 1 unspecified atom stereocenters. The van der Waals surface area contributed by atoms with Gasteiger partial charge in [0, 0.05) is 32.1 Å². The molecule has 0 saturated carbocycles. The maximum atomic E-state index is 12.0. The molecule has 33 heavy (non-hydrogen) atoms. The molecule has 1 aromatic carbocycles. The summed E-state index contributed by atoms with van der Waals surface area (Å²) in [5.41, 5.74) is 4.91. The minimum Gasteiger partial charge on any atom is -0.480 e. The van der Waals surface area contributed by atoms with Crippen LogP contribution in [-0.2, 0) is 30.3 Å². The van der Waals surface area contributed by atoms with Crippen LogP contribution in [-0.4, -0.2) is 40.6 Å². The van der Waals surface area contributed by atoms with Crippen LogP contribution in [0.3, 0.4) is 0 Å². The third-order valence-electron chi connectivity index (χ3n) is 4.89. The zero-order valence-corrected chi connectivity index (χ0v) is 20.0. The second-order valence-corrected chi connectivity index (χ2v) is 8.51. The fraction of sp³-hybridized carbons (Fsp3) is 0.583. The molecule has 0 aliphatic rings. The summed E-state index contributed by atoms with van der Waals surface area (Å²) in [5.74, 6) is -2.32. The molecule has 0 aliphatic carbocycles. The van der Waals surface area contributed by atoms with E-state index in [-0.39, 0.29) is 43.6 Å². The highest BCUT2D eigenvalue weighted by molar-refractivity contribution is 5.79. The molecule has 9 heteroatoms. The van der Waals surface area contributed by atoms with Crippen LogP contribution in [0.2, 0.25) is 0 Å². The van der Waals surface area contributed by atoms with Crippen molar-refractivity contribution in [2.75, 3.05) is 0 Å². The third-order valence-corrected chi connectivity index (χ3v) is 4.89. The normalized spacial score (nSPS) is 13.7. The van der Waals surface area contributed by atoms with Gasteiger partial charge in [-0.25, -0.2) is 0 Å². The molecule has 0 aromatic heterocycles. The van der Waals surface area contributed by atoms with Crippen molar-refractivity contribution >= 4 is 23.9 Å². The van der Waals surface area contributed by atoms with Crippen molar-refractivity contribution in [2.24, 2.45) is 11.7 Å². The number of esters is 3. The molecule has 0 fully saturated rings. The number of carboxylic acids is 1.